The number of nitrogens with zero attached hydrogens (tertiary/aromatic N) is 3. The second-order valence-electron chi connectivity index (χ2n) is 20.2. The molecule has 5 fully saturated rings. The fourth-order valence-corrected chi connectivity index (χ4v) is 14.2. The normalized spacial score (nSPS) is 37.2. The van der Waals surface area contributed by atoms with Crippen LogP contribution in [0.1, 0.15) is 125 Å². The number of benzene rings is 1. The molecule has 0 aromatic heterocycles. The third kappa shape index (κ3) is 6.51. The van der Waals surface area contributed by atoms with E-state index in [-0.39, 0.29) is 57.8 Å². The lowest BCUT2D eigenvalue weighted by Gasteiger charge is -2.70. The van der Waals surface area contributed by atoms with Crippen molar-refractivity contribution < 1.29 is 24.0 Å². The maximum Gasteiger partial charge on any atom is 0.336 e. The van der Waals surface area contributed by atoms with Crippen molar-refractivity contribution in [3.63, 3.8) is 0 Å². The van der Waals surface area contributed by atoms with Crippen molar-refractivity contribution >= 4 is 63.6 Å². The molecule has 4 saturated carbocycles. The molecular weight excluding hydrogens is 739 g/mol. The average molecular weight is 802 g/mol. The van der Waals surface area contributed by atoms with Gasteiger partial charge in [0.25, 0.3) is 5.91 Å². The molecule has 10 heteroatoms. The van der Waals surface area contributed by atoms with Gasteiger partial charge < -0.3 is 14.5 Å². The number of oxime groups is 1. The van der Waals surface area contributed by atoms with Gasteiger partial charge in [-0.05, 0) is 127 Å². The quantitative estimate of drug-likeness (QED) is 0.0673. The first-order valence-electron chi connectivity index (χ1n) is 20.8. The maximum atomic E-state index is 13.6. The van der Waals surface area contributed by atoms with Crippen molar-refractivity contribution in [2.24, 2.45) is 55.4 Å². The van der Waals surface area contributed by atoms with Gasteiger partial charge in [-0.15, -0.1) is 0 Å². The fraction of sp³-hybridized carbons (Fsp3) is 0.674. The minimum Gasteiger partial charge on any atom is -0.469 e. The minimum atomic E-state index is -0.459. The average Bonchev–Trinajstić information content (AvgIpc) is 3.40. The largest absolute Gasteiger partial charge is 0.469 e. The molecule has 1 aromatic carbocycles. The Bertz CT molecular complexity index is 1900. The van der Waals surface area contributed by atoms with Gasteiger partial charge >= 0.3 is 11.9 Å². The molecule has 0 bridgehead atoms. The number of anilines is 1. The third-order valence-electron chi connectivity index (χ3n) is 16.4. The van der Waals surface area contributed by atoms with Crippen LogP contribution in [0.5, 0.6) is 0 Å². The third-order valence-corrected chi connectivity index (χ3v) is 17.8. The minimum absolute atomic E-state index is 0.00144. The van der Waals surface area contributed by atoms with Crippen molar-refractivity contribution in [1.29, 1.82) is 0 Å². The molecule has 1 aliphatic heterocycles. The van der Waals surface area contributed by atoms with E-state index in [0.29, 0.717) is 21.1 Å². The van der Waals surface area contributed by atoms with Crippen LogP contribution < -0.4 is 4.90 Å². The van der Waals surface area contributed by atoms with Gasteiger partial charge in [0.2, 0.25) is 0 Å². The summed E-state index contributed by atoms with van der Waals surface area (Å²) >= 11 is 6.80. The van der Waals surface area contributed by atoms with Crippen LogP contribution >= 0.6 is 24.0 Å². The number of thioether (sulfide) groups is 1. The van der Waals surface area contributed by atoms with Gasteiger partial charge in [-0.25, -0.2) is 4.79 Å². The molecule has 0 N–H and O–H groups in total. The van der Waals surface area contributed by atoms with Gasteiger partial charge in [-0.1, -0.05) is 101 Å². The molecule has 1 aromatic rings. The van der Waals surface area contributed by atoms with Crippen molar-refractivity contribution in [3.05, 3.63) is 46.4 Å². The molecule has 0 unspecified atom stereocenters. The summed E-state index contributed by atoms with van der Waals surface area (Å²) in [4.78, 5) is 49.7. The summed E-state index contributed by atoms with van der Waals surface area (Å²) in [7, 11) is 5.55. The molecule has 304 valence electrons. The molecule has 8 nitrogen and oxygen atoms in total. The van der Waals surface area contributed by atoms with E-state index in [1.54, 1.807) is 12.7 Å². The number of esters is 1. The predicted octanol–water partition coefficient (Wildman–Crippen LogP) is 10.2. The Morgan fingerprint density at radius 2 is 1.68 bits per heavy atom. The maximum absolute atomic E-state index is 13.6. The Balaban J connectivity index is 1.03. The van der Waals surface area contributed by atoms with Crippen molar-refractivity contribution in [2.75, 3.05) is 32.6 Å². The number of hydrogen-bond donors (Lipinski definition) is 0. The van der Waals surface area contributed by atoms with Gasteiger partial charge in [0.05, 0.1) is 29.6 Å². The number of carbonyl (C=O) groups excluding carboxylic acids is 3. The Labute approximate surface area is 344 Å². The molecule has 1 heterocycles. The first-order valence-corrected chi connectivity index (χ1v) is 22.0. The highest BCUT2D eigenvalue weighted by molar-refractivity contribution is 8.26. The lowest BCUT2D eigenvalue weighted by molar-refractivity contribution is -0.181. The number of hydrogen-bond acceptors (Lipinski definition) is 9. The van der Waals surface area contributed by atoms with Gasteiger partial charge in [-0.2, -0.15) is 0 Å². The number of ether oxygens (including phenoxy) is 1. The number of methoxy groups -OCH3 is 1. The lowest BCUT2D eigenvalue weighted by atomic mass is 9.33. The van der Waals surface area contributed by atoms with Crippen LogP contribution in [0.3, 0.4) is 0 Å². The van der Waals surface area contributed by atoms with E-state index in [2.05, 4.69) is 59.7 Å². The fourth-order valence-electron chi connectivity index (χ4n) is 12.9. The summed E-state index contributed by atoms with van der Waals surface area (Å²) in [6, 6.07) is 7.98. The van der Waals surface area contributed by atoms with Crippen LogP contribution in [0.4, 0.5) is 5.69 Å². The molecule has 6 aliphatic rings. The predicted molar refractivity (Wildman–Crippen MR) is 230 cm³/mol. The second kappa shape index (κ2) is 14.4. The smallest absolute Gasteiger partial charge is 0.336 e. The number of thiocarbonyl (C=S) groups is 1. The van der Waals surface area contributed by atoms with E-state index >= 15 is 0 Å². The standard InChI is InChI=1S/C46H63N3O5S2/c1-41(2)22-24-46(39(52)53-10)25-23-44(6)31(32(46)28-41)15-16-35-43(5)20-18-36(42(3,4)34(43)17-21-45(35,44)7)47-54-37(50)19-26-49-38(51)33(56-40(49)55)27-29-11-13-30(14-12-29)48(8)9/h11-15,27,32,34-35H,16-26,28H2,1-10H3/b33-27-,47-36-/t32-,34-,35-,43+,44-,45-,46+/m1/s1. The van der Waals surface area contributed by atoms with Crippen molar-refractivity contribution in [2.45, 2.75) is 119 Å². The highest BCUT2D eigenvalue weighted by Crippen LogP contribution is 2.75. The summed E-state index contributed by atoms with van der Waals surface area (Å²) in [6.45, 7) is 17.2. The number of carbonyl (C=O) groups is 3. The van der Waals surface area contributed by atoms with Gasteiger partial charge in [0.15, 0.2) is 0 Å². The first kappa shape index (κ1) is 41.2. The zero-order chi connectivity index (χ0) is 40.6. The summed E-state index contributed by atoms with van der Waals surface area (Å²) < 4.78 is 6.00. The Hall–Kier alpha value is -2.98. The van der Waals surface area contributed by atoms with Gasteiger partial charge in [0.1, 0.15) is 4.32 Å². The number of fused-ring (bicyclic) bond motifs is 7. The highest BCUT2D eigenvalue weighted by Gasteiger charge is 2.69. The molecule has 7 rings (SSSR count). The van der Waals surface area contributed by atoms with E-state index in [4.69, 9.17) is 21.8 Å². The topological polar surface area (TPSA) is 88.5 Å². The van der Waals surface area contributed by atoms with Crippen LogP contribution in [-0.4, -0.2) is 60.5 Å². The monoisotopic (exact) mass is 801 g/mol. The first-order chi connectivity index (χ1) is 26.2. The Morgan fingerprint density at radius 1 is 0.982 bits per heavy atom. The highest BCUT2D eigenvalue weighted by atomic mass is 32.2. The van der Waals surface area contributed by atoms with Gasteiger partial charge in [0, 0.05) is 31.7 Å². The van der Waals surface area contributed by atoms with Crippen molar-refractivity contribution in [1.82, 2.24) is 4.90 Å². The molecule has 0 spiro atoms. The second-order valence-corrected chi connectivity index (χ2v) is 21.8. The molecule has 0 radical (unpaired) electrons. The molecule has 56 heavy (non-hydrogen) atoms. The van der Waals surface area contributed by atoms with E-state index < -0.39 is 11.4 Å². The number of rotatable bonds is 7. The molecular formula is C46H63N3O5S2. The summed E-state index contributed by atoms with van der Waals surface area (Å²) in [5.41, 5.74) is 4.29. The van der Waals surface area contributed by atoms with Crippen LogP contribution in [0.2, 0.25) is 0 Å². The van der Waals surface area contributed by atoms with Crippen molar-refractivity contribution in [3.8, 4) is 0 Å². The zero-order valence-electron chi connectivity index (χ0n) is 35.4. The van der Waals surface area contributed by atoms with E-state index in [0.717, 1.165) is 81.2 Å². The molecule has 1 saturated heterocycles. The van der Waals surface area contributed by atoms with Gasteiger partial charge in [-0.3, -0.25) is 14.5 Å². The van der Waals surface area contributed by atoms with E-state index in [9.17, 15) is 14.4 Å². The van der Waals surface area contributed by atoms with Crippen LogP contribution in [0.25, 0.3) is 6.08 Å². The number of allylic oxidation sites excluding steroid dienone is 2. The number of amides is 1. The molecule has 7 atom stereocenters. The van der Waals surface area contributed by atoms with Crippen LogP contribution in [-0.2, 0) is 24.0 Å². The molecule has 1 amide bonds. The van der Waals surface area contributed by atoms with E-state index in [1.165, 1.54) is 16.7 Å². The van der Waals surface area contributed by atoms with E-state index in [1.807, 2.05) is 49.3 Å². The summed E-state index contributed by atoms with van der Waals surface area (Å²) in [6.07, 6.45) is 14.4. The Morgan fingerprint density at radius 3 is 2.36 bits per heavy atom. The summed E-state index contributed by atoms with van der Waals surface area (Å²) in [5, 5.41) is 4.58. The lowest BCUT2D eigenvalue weighted by Crippen LogP contribution is -2.64. The summed E-state index contributed by atoms with van der Waals surface area (Å²) in [5.74, 6) is 0.486. The Kier molecular flexibility index (Phi) is 10.6. The van der Waals surface area contributed by atoms with Crippen LogP contribution in [0.15, 0.2) is 46.0 Å². The zero-order valence-corrected chi connectivity index (χ0v) is 37.0. The van der Waals surface area contributed by atoms with Crippen LogP contribution in [0, 0.1) is 50.2 Å². The molecule has 5 aliphatic carbocycles. The SMILES string of the molecule is COC(=O)[C@]12CCC(C)(C)C[C@@H]1C1=CC[C@@H]3[C@@]4(C)CC/C(=N/OC(=O)CCN5C(=O)/C(=C/c6ccc(N(C)C)cc6)SC5=S)C(C)(C)[C@H]4CC[C@@]3(C)[C@]1(C)CC2.